The van der Waals surface area contributed by atoms with Crippen molar-refractivity contribution in [1.82, 2.24) is 0 Å². The number of nitro benzene ring substituents is 1. The molecule has 1 saturated heterocycles. The van der Waals surface area contributed by atoms with Gasteiger partial charge in [0, 0.05) is 17.4 Å². The summed E-state index contributed by atoms with van der Waals surface area (Å²) >= 11 is 7.33. The minimum Gasteiger partial charge on any atom is -0.436 e. The number of benzene rings is 1. The number of non-ortho nitro benzene ring substituents is 1. The Hall–Kier alpha value is -0.880. The lowest BCUT2D eigenvalue weighted by molar-refractivity contribution is -0.384. The normalized spacial score (nSPS) is 35.2. The minimum absolute atomic E-state index is 0.0315. The summed E-state index contributed by atoms with van der Waals surface area (Å²) in [7, 11) is 0. The fourth-order valence-electron chi connectivity index (χ4n) is 3.18. The van der Waals surface area contributed by atoms with E-state index in [0.29, 0.717) is 16.9 Å². The molecule has 1 saturated carbocycles. The van der Waals surface area contributed by atoms with Crippen molar-refractivity contribution in [1.29, 1.82) is 0 Å². The molecule has 24 heavy (non-hydrogen) atoms. The van der Waals surface area contributed by atoms with E-state index >= 15 is 0 Å². The summed E-state index contributed by atoms with van der Waals surface area (Å²) in [6, 6.07) is 6.00. The molecule has 0 spiro atoms. The van der Waals surface area contributed by atoms with Crippen LogP contribution in [0.4, 0.5) is 5.69 Å². The van der Waals surface area contributed by atoms with Gasteiger partial charge in [-0.3, -0.25) is 10.1 Å². The van der Waals surface area contributed by atoms with Gasteiger partial charge in [-0.25, -0.2) is 0 Å². The molecule has 0 radical (unpaired) electrons. The largest absolute Gasteiger partial charge is 0.436 e. The average Bonchev–Trinajstić information content (AvgIpc) is 2.76. The van der Waals surface area contributed by atoms with Crippen molar-refractivity contribution >= 4 is 34.6 Å². The summed E-state index contributed by atoms with van der Waals surface area (Å²) in [6.07, 6.45) is 3.03. The molecule has 130 valence electrons. The fourth-order valence-corrected chi connectivity index (χ4v) is 10.1. The zero-order chi connectivity index (χ0) is 17.5. The maximum absolute atomic E-state index is 10.7. The number of hydrogen-bond acceptors (Lipinski definition) is 6. The van der Waals surface area contributed by atoms with E-state index in [0.717, 1.165) is 19.3 Å². The third-order valence-corrected chi connectivity index (χ3v) is 10.2. The number of hydrogen-bond donors (Lipinski definition) is 0. The average molecular weight is 385 g/mol. The molecule has 1 aliphatic carbocycles. The molecule has 0 unspecified atom stereocenters. The van der Waals surface area contributed by atoms with Gasteiger partial charge in [-0.1, -0.05) is 23.5 Å². The van der Waals surface area contributed by atoms with Crippen molar-refractivity contribution in [3.05, 3.63) is 46.5 Å². The summed E-state index contributed by atoms with van der Waals surface area (Å²) in [4.78, 5) is 10.3. The van der Waals surface area contributed by atoms with Gasteiger partial charge in [-0.2, -0.15) is 0 Å². The van der Waals surface area contributed by atoms with Gasteiger partial charge in [0.25, 0.3) is 11.4 Å². The number of allylic oxidation sites excluding steroid dienone is 1. The van der Waals surface area contributed by atoms with Gasteiger partial charge in [0.15, 0.2) is 0 Å². The van der Waals surface area contributed by atoms with E-state index in [9.17, 15) is 10.1 Å². The van der Waals surface area contributed by atoms with E-state index in [1.807, 2.05) is 0 Å². The van der Waals surface area contributed by atoms with Crippen LogP contribution in [0.2, 0.25) is 0 Å². The summed E-state index contributed by atoms with van der Waals surface area (Å²) < 4.78 is 12.2. The first-order chi connectivity index (χ1) is 11.2. The number of fused-ring (bicyclic) bond motifs is 1. The highest BCUT2D eigenvalue weighted by molar-refractivity contribution is 8.68. The Morgan fingerprint density at radius 3 is 2.79 bits per heavy atom. The van der Waals surface area contributed by atoms with Crippen LogP contribution in [0.5, 0.6) is 5.75 Å². The highest BCUT2D eigenvalue weighted by atomic mass is 32.9. The van der Waals surface area contributed by atoms with E-state index < -0.39 is 10.6 Å². The maximum atomic E-state index is 10.7. The Balaban J connectivity index is 1.74. The van der Waals surface area contributed by atoms with Crippen LogP contribution in [0, 0.1) is 16.0 Å². The molecular formula is C16H20NO4PS2. The van der Waals surface area contributed by atoms with Crippen LogP contribution in [0.3, 0.4) is 0 Å². The van der Waals surface area contributed by atoms with Gasteiger partial charge < -0.3 is 9.05 Å². The molecule has 8 heteroatoms. The molecule has 1 aliphatic heterocycles. The molecule has 0 aromatic heterocycles. The molecular weight excluding hydrogens is 365 g/mol. The van der Waals surface area contributed by atoms with E-state index in [2.05, 4.69) is 20.4 Å². The Morgan fingerprint density at radius 2 is 2.21 bits per heavy atom. The summed E-state index contributed by atoms with van der Waals surface area (Å²) in [6.45, 7) is 8.29. The Bertz CT molecular complexity index is 723. The first kappa shape index (κ1) is 17.9. The van der Waals surface area contributed by atoms with E-state index in [1.54, 1.807) is 23.5 Å². The highest BCUT2D eigenvalue weighted by Crippen LogP contribution is 2.74. The van der Waals surface area contributed by atoms with Crippen LogP contribution in [0.1, 0.15) is 33.1 Å². The second-order valence-corrected chi connectivity index (χ2v) is 12.9. The number of nitro groups is 1. The molecule has 0 N–H and O–H groups in total. The molecule has 2 aliphatic rings. The quantitative estimate of drug-likeness (QED) is 0.297. The van der Waals surface area contributed by atoms with Crippen LogP contribution in [0.15, 0.2) is 36.4 Å². The SMILES string of the molecule is C=C(C)[C@@H]1CC[C@]2(C)O[P@](=S)(Oc3ccc([N+](=O)[O-])cc3)S[C@@H]2C1. The van der Waals surface area contributed by atoms with Crippen LogP contribution in [-0.4, -0.2) is 15.8 Å². The summed E-state index contributed by atoms with van der Waals surface area (Å²) in [5.74, 6) is 1.04. The first-order valence-corrected chi connectivity index (χ1v) is 11.9. The second kappa shape index (κ2) is 6.45. The molecule has 4 atom stereocenters. The van der Waals surface area contributed by atoms with Crippen molar-refractivity contribution in [2.45, 2.75) is 44.0 Å². The van der Waals surface area contributed by atoms with E-state index in [1.165, 1.54) is 17.7 Å². The maximum Gasteiger partial charge on any atom is 0.298 e. The standard InChI is InChI=1S/C16H20NO4PS2/c1-11(2)12-8-9-16(3)15(10-12)24-22(23,21-16)20-14-6-4-13(5-7-14)17(18)19/h4-7,12,15H,1,8-10H2,2-3H3/t12-,15-,16+,22+/m1/s1. The Kier molecular flexibility index (Phi) is 4.82. The smallest absolute Gasteiger partial charge is 0.298 e. The van der Waals surface area contributed by atoms with Crippen molar-refractivity contribution in [2.75, 3.05) is 0 Å². The van der Waals surface area contributed by atoms with Crippen molar-refractivity contribution in [3.8, 4) is 5.75 Å². The van der Waals surface area contributed by atoms with Crippen LogP contribution in [0.25, 0.3) is 0 Å². The predicted molar refractivity (Wildman–Crippen MR) is 101 cm³/mol. The van der Waals surface area contributed by atoms with Gasteiger partial charge in [0.1, 0.15) is 5.75 Å². The molecule has 2 fully saturated rings. The van der Waals surface area contributed by atoms with Crippen molar-refractivity contribution < 1.29 is 14.0 Å². The lowest BCUT2D eigenvalue weighted by Gasteiger charge is -2.37. The zero-order valence-electron chi connectivity index (χ0n) is 13.6. The molecule has 1 heterocycles. The second-order valence-electron chi connectivity index (χ2n) is 6.61. The molecule has 5 nitrogen and oxygen atoms in total. The topological polar surface area (TPSA) is 61.6 Å². The molecule has 0 bridgehead atoms. The molecule has 3 rings (SSSR count). The molecule has 1 aromatic rings. The Labute approximate surface area is 150 Å². The monoisotopic (exact) mass is 385 g/mol. The van der Waals surface area contributed by atoms with Crippen LogP contribution >= 0.6 is 17.1 Å². The van der Waals surface area contributed by atoms with Crippen LogP contribution in [-0.2, 0) is 16.3 Å². The van der Waals surface area contributed by atoms with Crippen LogP contribution < -0.4 is 4.52 Å². The Morgan fingerprint density at radius 1 is 1.54 bits per heavy atom. The predicted octanol–water partition coefficient (Wildman–Crippen LogP) is 5.47. The zero-order valence-corrected chi connectivity index (χ0v) is 16.2. The fraction of sp³-hybridized carbons (Fsp3) is 0.500. The van der Waals surface area contributed by atoms with Gasteiger partial charge in [0.05, 0.1) is 10.5 Å². The number of nitrogens with zero attached hydrogens (tertiary/aromatic N) is 1. The minimum atomic E-state index is -2.51. The number of rotatable bonds is 4. The van der Waals surface area contributed by atoms with E-state index in [4.69, 9.17) is 20.9 Å². The third kappa shape index (κ3) is 3.54. The summed E-state index contributed by atoms with van der Waals surface area (Å²) in [5.41, 5.74) is -1.52. The molecule has 0 amide bonds. The van der Waals surface area contributed by atoms with Gasteiger partial charge >= 0.3 is 0 Å². The lowest BCUT2D eigenvalue weighted by Crippen LogP contribution is -2.40. The highest BCUT2D eigenvalue weighted by Gasteiger charge is 2.53. The van der Waals surface area contributed by atoms with Crippen molar-refractivity contribution in [3.63, 3.8) is 0 Å². The van der Waals surface area contributed by atoms with Gasteiger partial charge in [0.2, 0.25) is 0 Å². The van der Waals surface area contributed by atoms with Gasteiger partial charge in [-0.05, 0) is 63.0 Å². The first-order valence-electron chi connectivity index (χ1n) is 7.79. The summed E-state index contributed by atoms with van der Waals surface area (Å²) in [5, 5.41) is 11.0. The van der Waals surface area contributed by atoms with Gasteiger partial charge in [-0.15, -0.1) is 0 Å². The van der Waals surface area contributed by atoms with Crippen molar-refractivity contribution in [2.24, 2.45) is 5.92 Å². The van der Waals surface area contributed by atoms with E-state index in [-0.39, 0.29) is 11.3 Å². The third-order valence-electron chi connectivity index (χ3n) is 4.71. The lowest BCUT2D eigenvalue weighted by atomic mass is 9.77. The molecule has 1 aromatic carbocycles.